The summed E-state index contributed by atoms with van der Waals surface area (Å²) in [6, 6.07) is 7.43. The minimum Gasteiger partial charge on any atom is -0.493 e. The third-order valence-electron chi connectivity index (χ3n) is 2.08. The normalized spacial score (nSPS) is 10.3. The summed E-state index contributed by atoms with van der Waals surface area (Å²) in [6.07, 6.45) is 0. The minimum absolute atomic E-state index is 0.438. The maximum absolute atomic E-state index is 5.66. The first-order chi connectivity index (χ1) is 8.24. The van der Waals surface area contributed by atoms with Crippen molar-refractivity contribution in [3.05, 3.63) is 33.7 Å². The van der Waals surface area contributed by atoms with Gasteiger partial charge in [0.25, 0.3) is 5.19 Å². The number of rotatable bonds is 4. The number of hydrogen-bond acceptors (Lipinski definition) is 5. The molecule has 1 heterocycles. The fourth-order valence-electron chi connectivity index (χ4n) is 1.28. The van der Waals surface area contributed by atoms with Crippen molar-refractivity contribution in [3.8, 4) is 16.7 Å². The van der Waals surface area contributed by atoms with Gasteiger partial charge in [0.05, 0.1) is 12.0 Å². The van der Waals surface area contributed by atoms with Gasteiger partial charge in [-0.2, -0.15) is 4.98 Å². The Kier molecular flexibility index (Phi) is 3.98. The molecule has 4 nitrogen and oxygen atoms in total. The number of halogens is 1. The molecule has 1 aromatic heterocycles. The van der Waals surface area contributed by atoms with Crippen molar-refractivity contribution in [2.75, 3.05) is 7.11 Å². The maximum atomic E-state index is 5.66. The molecule has 0 saturated heterocycles. The van der Waals surface area contributed by atoms with Crippen molar-refractivity contribution in [2.24, 2.45) is 5.73 Å². The highest BCUT2D eigenvalue weighted by Crippen LogP contribution is 2.35. The van der Waals surface area contributed by atoms with Crippen LogP contribution in [0.3, 0.4) is 0 Å². The number of aromatic nitrogens is 1. The molecule has 0 amide bonds. The Bertz CT molecular complexity index is 516. The Balaban J connectivity index is 2.25. The van der Waals surface area contributed by atoms with E-state index in [1.165, 1.54) is 11.3 Å². The number of ether oxygens (including phenoxy) is 2. The number of para-hydroxylation sites is 2. The summed E-state index contributed by atoms with van der Waals surface area (Å²) in [5.41, 5.74) is 5.57. The van der Waals surface area contributed by atoms with Gasteiger partial charge in [-0.25, -0.2) is 0 Å². The molecule has 0 unspecified atom stereocenters. The van der Waals surface area contributed by atoms with E-state index in [1.807, 2.05) is 24.3 Å². The van der Waals surface area contributed by atoms with E-state index in [0.29, 0.717) is 23.2 Å². The van der Waals surface area contributed by atoms with Crippen molar-refractivity contribution in [1.82, 2.24) is 4.98 Å². The van der Waals surface area contributed by atoms with Crippen molar-refractivity contribution in [1.29, 1.82) is 0 Å². The fraction of sp³-hybridized carbons (Fsp3) is 0.182. The molecule has 0 fully saturated rings. The van der Waals surface area contributed by atoms with Crippen LogP contribution in [0.5, 0.6) is 16.7 Å². The Morgan fingerprint density at radius 1 is 1.35 bits per heavy atom. The zero-order valence-corrected chi connectivity index (χ0v) is 11.5. The second-order valence-corrected chi connectivity index (χ2v) is 4.95. The molecule has 2 N–H and O–H groups in total. The molecule has 90 valence electrons. The lowest BCUT2D eigenvalue weighted by molar-refractivity contribution is 0.378. The van der Waals surface area contributed by atoms with Crippen LogP contribution in [-0.4, -0.2) is 12.1 Å². The van der Waals surface area contributed by atoms with Crippen LogP contribution in [0.4, 0.5) is 0 Å². The summed E-state index contributed by atoms with van der Waals surface area (Å²) >= 11 is 4.75. The topological polar surface area (TPSA) is 57.4 Å². The largest absolute Gasteiger partial charge is 0.493 e. The second kappa shape index (κ2) is 5.48. The molecular weight excluding hydrogens is 304 g/mol. The van der Waals surface area contributed by atoms with E-state index in [1.54, 1.807) is 7.11 Å². The zero-order valence-electron chi connectivity index (χ0n) is 9.14. The van der Waals surface area contributed by atoms with Gasteiger partial charge in [0.2, 0.25) is 0 Å². The first-order valence-corrected chi connectivity index (χ1v) is 6.51. The summed E-state index contributed by atoms with van der Waals surface area (Å²) in [6.45, 7) is 0.438. The van der Waals surface area contributed by atoms with E-state index in [4.69, 9.17) is 15.2 Å². The molecule has 0 aliphatic carbocycles. The number of hydrogen-bond donors (Lipinski definition) is 1. The lowest BCUT2D eigenvalue weighted by Gasteiger charge is -2.06. The molecule has 0 aliphatic heterocycles. The van der Waals surface area contributed by atoms with Gasteiger partial charge in [-0.3, -0.25) is 0 Å². The number of benzene rings is 1. The quantitative estimate of drug-likeness (QED) is 0.941. The predicted molar refractivity (Wildman–Crippen MR) is 70.8 cm³/mol. The molecule has 0 atom stereocenters. The highest BCUT2D eigenvalue weighted by Gasteiger charge is 2.11. The molecular formula is C11H11BrN2O2S. The molecule has 0 spiro atoms. The molecule has 17 heavy (non-hydrogen) atoms. The van der Waals surface area contributed by atoms with E-state index in [9.17, 15) is 0 Å². The van der Waals surface area contributed by atoms with E-state index in [0.717, 1.165) is 9.48 Å². The van der Waals surface area contributed by atoms with Crippen LogP contribution in [0.25, 0.3) is 0 Å². The first kappa shape index (κ1) is 12.3. The first-order valence-electron chi connectivity index (χ1n) is 4.90. The van der Waals surface area contributed by atoms with Crippen LogP contribution in [0.2, 0.25) is 0 Å². The van der Waals surface area contributed by atoms with Crippen molar-refractivity contribution in [2.45, 2.75) is 6.54 Å². The van der Waals surface area contributed by atoms with Crippen molar-refractivity contribution in [3.63, 3.8) is 0 Å². The molecule has 2 rings (SSSR count). The van der Waals surface area contributed by atoms with Gasteiger partial charge in [0.15, 0.2) is 11.5 Å². The maximum Gasteiger partial charge on any atom is 0.280 e. The van der Waals surface area contributed by atoms with Gasteiger partial charge in [-0.1, -0.05) is 23.5 Å². The van der Waals surface area contributed by atoms with Crippen LogP contribution in [0, 0.1) is 0 Å². The van der Waals surface area contributed by atoms with Crippen LogP contribution in [0.15, 0.2) is 28.9 Å². The van der Waals surface area contributed by atoms with E-state index < -0.39 is 0 Å². The summed E-state index contributed by atoms with van der Waals surface area (Å²) in [5, 5.41) is 0.543. The smallest absolute Gasteiger partial charge is 0.280 e. The Hall–Kier alpha value is -1.11. The molecule has 6 heteroatoms. The number of thiazole rings is 1. The van der Waals surface area contributed by atoms with Crippen molar-refractivity contribution < 1.29 is 9.47 Å². The minimum atomic E-state index is 0.438. The second-order valence-electron chi connectivity index (χ2n) is 3.15. The molecule has 0 saturated carbocycles. The average Bonchev–Trinajstić information content (AvgIpc) is 2.70. The highest BCUT2D eigenvalue weighted by atomic mass is 79.9. The van der Waals surface area contributed by atoms with E-state index >= 15 is 0 Å². The van der Waals surface area contributed by atoms with Gasteiger partial charge >= 0.3 is 0 Å². The van der Waals surface area contributed by atoms with Crippen LogP contribution >= 0.6 is 27.3 Å². The molecule has 2 aromatic rings. The third-order valence-corrected chi connectivity index (χ3v) is 3.96. The number of nitrogens with two attached hydrogens (primary N) is 1. The van der Waals surface area contributed by atoms with Gasteiger partial charge in [0, 0.05) is 6.54 Å². The summed E-state index contributed by atoms with van der Waals surface area (Å²) < 4.78 is 11.6. The number of nitrogens with zero attached hydrogens (tertiary/aromatic N) is 1. The van der Waals surface area contributed by atoms with Crippen molar-refractivity contribution >= 4 is 27.3 Å². The zero-order chi connectivity index (χ0) is 12.3. The molecule has 0 bridgehead atoms. The van der Waals surface area contributed by atoms with E-state index in [2.05, 4.69) is 20.9 Å². The standard InChI is InChI=1S/C11H11BrN2O2S/c1-15-7-4-2-3-5-8(7)16-11-14-10(12)9(6-13)17-11/h2-5H,6,13H2,1H3. The monoisotopic (exact) mass is 314 g/mol. The SMILES string of the molecule is COc1ccccc1Oc1nc(Br)c(CN)s1. The molecule has 0 radical (unpaired) electrons. The summed E-state index contributed by atoms with van der Waals surface area (Å²) in [4.78, 5) is 5.18. The van der Waals surface area contributed by atoms with Gasteiger partial charge in [0.1, 0.15) is 4.60 Å². The van der Waals surface area contributed by atoms with Crippen LogP contribution in [-0.2, 0) is 6.54 Å². The summed E-state index contributed by atoms with van der Waals surface area (Å²) in [7, 11) is 1.60. The summed E-state index contributed by atoms with van der Waals surface area (Å²) in [5.74, 6) is 1.31. The van der Waals surface area contributed by atoms with Gasteiger partial charge in [-0.15, -0.1) is 0 Å². The Labute approximate surface area is 112 Å². The Morgan fingerprint density at radius 2 is 2.06 bits per heavy atom. The van der Waals surface area contributed by atoms with Crippen LogP contribution < -0.4 is 15.2 Å². The predicted octanol–water partition coefficient (Wildman–Crippen LogP) is 3.17. The van der Waals surface area contributed by atoms with E-state index in [-0.39, 0.29) is 0 Å². The van der Waals surface area contributed by atoms with Crippen LogP contribution in [0.1, 0.15) is 4.88 Å². The number of methoxy groups -OCH3 is 1. The fourth-order valence-corrected chi connectivity index (χ4v) is 2.66. The van der Waals surface area contributed by atoms with Gasteiger partial charge in [-0.05, 0) is 28.1 Å². The molecule has 1 aromatic carbocycles. The lowest BCUT2D eigenvalue weighted by Crippen LogP contribution is -1.92. The molecule has 0 aliphatic rings. The average molecular weight is 315 g/mol. The highest BCUT2D eigenvalue weighted by molar-refractivity contribution is 9.10. The van der Waals surface area contributed by atoms with Gasteiger partial charge < -0.3 is 15.2 Å². The third kappa shape index (κ3) is 2.77. The Morgan fingerprint density at radius 3 is 2.65 bits per heavy atom. The lowest BCUT2D eigenvalue weighted by atomic mass is 10.3.